The van der Waals surface area contributed by atoms with E-state index >= 15 is 0 Å². The van der Waals surface area contributed by atoms with Crippen LogP contribution in [0.3, 0.4) is 0 Å². The van der Waals surface area contributed by atoms with Crippen LogP contribution in [0.25, 0.3) is 0 Å². The number of carboxylic acids is 1. The Morgan fingerprint density at radius 1 is 0.879 bits per heavy atom. The highest BCUT2D eigenvalue weighted by Gasteiger charge is 2.67. The number of allylic oxidation sites excluding steroid dienone is 1. The molecular weight excluding hydrogens is 408 g/mol. The van der Waals surface area contributed by atoms with E-state index in [1.165, 1.54) is 43.3 Å². The fourth-order valence-corrected chi connectivity index (χ4v) is 9.86. The first-order valence-corrected chi connectivity index (χ1v) is 13.5. The molecule has 0 unspecified atom stereocenters. The first-order chi connectivity index (χ1) is 15.3. The Morgan fingerprint density at radius 3 is 2.12 bits per heavy atom. The van der Waals surface area contributed by atoms with Crippen molar-refractivity contribution in [3.63, 3.8) is 0 Å². The van der Waals surface area contributed by atoms with Crippen LogP contribution in [0.4, 0.5) is 0 Å². The van der Waals surface area contributed by atoms with Gasteiger partial charge >= 0.3 is 5.97 Å². The van der Waals surface area contributed by atoms with Gasteiger partial charge in [0.05, 0.1) is 11.7 Å². The van der Waals surface area contributed by atoms with Crippen molar-refractivity contribution in [2.45, 2.75) is 117 Å². The lowest BCUT2D eigenvalue weighted by atomic mass is 9.38. The Kier molecular flexibility index (Phi) is 6.25. The zero-order valence-corrected chi connectivity index (χ0v) is 22.1. The second-order valence-electron chi connectivity index (χ2n) is 13.4. The van der Waals surface area contributed by atoms with Gasteiger partial charge in [-0.2, -0.15) is 0 Å². The molecule has 33 heavy (non-hydrogen) atoms. The number of aliphatic carboxylic acids is 1. The number of ether oxygens (including phenoxy) is 1. The number of rotatable bonds is 6. The minimum Gasteiger partial charge on any atom is -0.481 e. The molecule has 9 atom stereocenters. The smallest absolute Gasteiger partial charge is 0.303 e. The highest BCUT2D eigenvalue weighted by Crippen LogP contribution is 2.74. The first-order valence-electron chi connectivity index (χ1n) is 13.5. The molecule has 1 saturated heterocycles. The normalized spacial score (nSPS) is 49.3. The highest BCUT2D eigenvalue weighted by atomic mass is 16.5. The Hall–Kier alpha value is -1.09. The van der Waals surface area contributed by atoms with Gasteiger partial charge in [-0.3, -0.25) is 4.79 Å². The maximum atomic E-state index is 11.6. The van der Waals surface area contributed by atoms with E-state index in [4.69, 9.17) is 4.74 Å². The molecule has 3 heteroatoms. The average molecular weight is 457 g/mol. The van der Waals surface area contributed by atoms with E-state index in [2.05, 4.69) is 54.7 Å². The summed E-state index contributed by atoms with van der Waals surface area (Å²) in [5, 5.41) is 9.55. The van der Waals surface area contributed by atoms with E-state index in [9.17, 15) is 9.90 Å². The predicted octanol–water partition coefficient (Wildman–Crippen LogP) is 7.81. The Labute approximate surface area is 202 Å². The third-order valence-electron chi connectivity index (χ3n) is 11.8. The van der Waals surface area contributed by atoms with Crippen LogP contribution in [-0.2, 0) is 9.53 Å². The lowest BCUT2D eigenvalue weighted by Crippen LogP contribution is -2.60. The molecule has 3 aliphatic carbocycles. The third kappa shape index (κ3) is 3.67. The van der Waals surface area contributed by atoms with Gasteiger partial charge in [-0.1, -0.05) is 45.1 Å². The van der Waals surface area contributed by atoms with Gasteiger partial charge in [0.25, 0.3) is 0 Å². The maximum absolute atomic E-state index is 11.6. The number of carboxylic acid groups (broad SMARTS) is 1. The number of hydrogen-bond acceptors (Lipinski definition) is 2. The minimum absolute atomic E-state index is 0.0160. The van der Waals surface area contributed by atoms with Gasteiger partial charge in [0.2, 0.25) is 0 Å². The fraction of sp³-hybridized carbons (Fsp3) is 0.833. The van der Waals surface area contributed by atoms with Crippen LogP contribution in [0.5, 0.6) is 0 Å². The maximum Gasteiger partial charge on any atom is 0.303 e. The van der Waals surface area contributed by atoms with Crippen LogP contribution in [0.15, 0.2) is 24.3 Å². The molecule has 0 radical (unpaired) electrons. The highest BCUT2D eigenvalue weighted by molar-refractivity contribution is 5.66. The van der Waals surface area contributed by atoms with Crippen molar-refractivity contribution >= 4 is 5.97 Å². The molecule has 0 bridgehead atoms. The summed E-state index contributed by atoms with van der Waals surface area (Å²) in [5.74, 6) is 1.63. The number of carbonyl (C=O) groups is 1. The molecule has 0 spiro atoms. The fourth-order valence-electron chi connectivity index (χ4n) is 9.86. The zero-order valence-electron chi connectivity index (χ0n) is 22.1. The van der Waals surface area contributed by atoms with E-state index in [1.807, 2.05) is 0 Å². The summed E-state index contributed by atoms with van der Waals surface area (Å²) < 4.78 is 6.74. The van der Waals surface area contributed by atoms with Crippen LogP contribution in [0.2, 0.25) is 0 Å². The molecule has 0 aromatic heterocycles. The molecule has 4 rings (SSSR count). The van der Waals surface area contributed by atoms with Gasteiger partial charge in [-0.05, 0) is 118 Å². The Bertz CT molecular complexity index is 830. The SMILES string of the molecule is C=C(C)[C@@H]1CC[C@@](C)([C@H]2CC[C@]3(C)[C@@H]2CC[C@H]2[C@@](C)(CCC(=O)O)[C@H](C(=C)C)CC[C@]23C)O1. The second-order valence-corrected chi connectivity index (χ2v) is 13.4. The summed E-state index contributed by atoms with van der Waals surface area (Å²) in [6.45, 7) is 22.8. The van der Waals surface area contributed by atoms with Crippen LogP contribution < -0.4 is 0 Å². The van der Waals surface area contributed by atoms with Crippen LogP contribution in [0, 0.1) is 39.9 Å². The third-order valence-corrected chi connectivity index (χ3v) is 11.8. The lowest BCUT2D eigenvalue weighted by Gasteiger charge is -2.66. The van der Waals surface area contributed by atoms with Crippen molar-refractivity contribution in [1.82, 2.24) is 0 Å². The molecular formula is C30H48O3. The molecule has 3 nitrogen and oxygen atoms in total. The Morgan fingerprint density at radius 2 is 1.55 bits per heavy atom. The molecule has 0 aromatic carbocycles. The van der Waals surface area contributed by atoms with Gasteiger partial charge in [0, 0.05) is 6.42 Å². The largest absolute Gasteiger partial charge is 0.481 e. The topological polar surface area (TPSA) is 46.5 Å². The minimum atomic E-state index is -0.664. The van der Waals surface area contributed by atoms with Gasteiger partial charge in [0.1, 0.15) is 0 Å². The molecule has 4 aliphatic rings. The summed E-state index contributed by atoms with van der Waals surface area (Å²) in [6, 6.07) is 0. The van der Waals surface area contributed by atoms with Gasteiger partial charge in [0.15, 0.2) is 0 Å². The van der Waals surface area contributed by atoms with E-state index in [0.29, 0.717) is 29.1 Å². The van der Waals surface area contributed by atoms with E-state index < -0.39 is 5.97 Å². The van der Waals surface area contributed by atoms with Gasteiger partial charge in [-0.15, -0.1) is 0 Å². The second kappa shape index (κ2) is 8.25. The van der Waals surface area contributed by atoms with Crippen molar-refractivity contribution in [3.8, 4) is 0 Å². The summed E-state index contributed by atoms with van der Waals surface area (Å²) in [7, 11) is 0. The summed E-state index contributed by atoms with van der Waals surface area (Å²) >= 11 is 0. The quantitative estimate of drug-likeness (QED) is 0.415. The van der Waals surface area contributed by atoms with Crippen molar-refractivity contribution in [2.24, 2.45) is 39.9 Å². The molecule has 186 valence electrons. The zero-order chi connectivity index (χ0) is 24.4. The van der Waals surface area contributed by atoms with Crippen molar-refractivity contribution in [1.29, 1.82) is 0 Å². The van der Waals surface area contributed by atoms with Crippen molar-refractivity contribution in [2.75, 3.05) is 0 Å². The number of hydrogen-bond donors (Lipinski definition) is 1. The van der Waals surface area contributed by atoms with E-state index in [1.54, 1.807) is 0 Å². The predicted molar refractivity (Wildman–Crippen MR) is 135 cm³/mol. The van der Waals surface area contributed by atoms with E-state index in [-0.39, 0.29) is 29.0 Å². The molecule has 1 aliphatic heterocycles. The van der Waals surface area contributed by atoms with Crippen LogP contribution in [0.1, 0.15) is 106 Å². The molecule has 1 N–H and O–H groups in total. The monoisotopic (exact) mass is 456 g/mol. The number of fused-ring (bicyclic) bond motifs is 3. The van der Waals surface area contributed by atoms with Crippen molar-refractivity contribution < 1.29 is 14.6 Å². The first kappa shape index (κ1) is 25.0. The molecule has 1 heterocycles. The average Bonchev–Trinajstić information content (AvgIpc) is 3.29. The summed E-state index contributed by atoms with van der Waals surface area (Å²) in [5.41, 5.74) is 2.94. The molecule has 0 aromatic rings. The van der Waals surface area contributed by atoms with Crippen LogP contribution >= 0.6 is 0 Å². The van der Waals surface area contributed by atoms with Crippen molar-refractivity contribution in [3.05, 3.63) is 24.3 Å². The Balaban J connectivity index is 1.65. The van der Waals surface area contributed by atoms with Crippen LogP contribution in [-0.4, -0.2) is 22.8 Å². The molecule has 0 amide bonds. The lowest BCUT2D eigenvalue weighted by molar-refractivity contribution is -0.180. The molecule has 4 fully saturated rings. The van der Waals surface area contributed by atoms with Gasteiger partial charge in [-0.25, -0.2) is 0 Å². The molecule has 3 saturated carbocycles. The standard InChI is InChI=1S/C30H48O3/c1-19(2)21-11-17-29(7)25(27(21,5)15-14-26(31)32)10-9-22-23(12-16-28(22,29)6)30(8)18-13-24(33-30)20(3)4/h21-25H,1,3,9-18H2,2,4-8H3,(H,31,32)/t21-,22+,23-,24-,25-,27-,28+,29+,30-/m0/s1. The van der Waals surface area contributed by atoms with E-state index in [0.717, 1.165) is 25.7 Å². The summed E-state index contributed by atoms with van der Waals surface area (Å²) in [4.78, 5) is 11.6. The van der Waals surface area contributed by atoms with Gasteiger partial charge < -0.3 is 9.84 Å². The summed E-state index contributed by atoms with van der Waals surface area (Å²) in [6.07, 6.45) is 10.9.